The lowest BCUT2D eigenvalue weighted by molar-refractivity contribution is -0.123. The molecule has 1 saturated heterocycles. The molecule has 2 aromatic carbocycles. The van der Waals surface area contributed by atoms with Crippen molar-refractivity contribution < 1.29 is 19.1 Å². The zero-order valence-corrected chi connectivity index (χ0v) is 22.0. The van der Waals surface area contributed by atoms with E-state index in [1.165, 1.54) is 6.07 Å². The predicted molar refractivity (Wildman–Crippen MR) is 141 cm³/mol. The highest BCUT2D eigenvalue weighted by atomic mass is 127. The molecule has 1 heterocycles. The predicted octanol–water partition coefficient (Wildman–Crippen LogP) is 5.94. The van der Waals surface area contributed by atoms with E-state index in [1.807, 2.05) is 13.0 Å². The maximum atomic E-state index is 12.8. The number of ether oxygens (including phenoxy) is 2. The second-order valence-corrected chi connectivity index (χ2v) is 9.83. The number of hydrogen-bond acceptors (Lipinski definition) is 6. The highest BCUT2D eigenvalue weighted by Gasteiger charge is 2.33. The molecule has 2 aromatic rings. The molecule has 0 bridgehead atoms. The van der Waals surface area contributed by atoms with Gasteiger partial charge in [-0.15, -0.1) is 0 Å². The molecule has 3 amide bonds. The second kappa shape index (κ2) is 10.9. The fraction of sp³-hybridized carbons (Fsp3) is 0.150. The van der Waals surface area contributed by atoms with E-state index in [2.05, 4.69) is 33.3 Å². The molecule has 0 atom stereocenters. The van der Waals surface area contributed by atoms with Gasteiger partial charge in [0.25, 0.3) is 5.91 Å². The minimum atomic E-state index is -0.654. The average Bonchev–Trinajstić information content (AvgIpc) is 2.98. The van der Waals surface area contributed by atoms with Gasteiger partial charge in [-0.05, 0) is 83.7 Å². The molecule has 0 spiro atoms. The average molecular weight is 624 g/mol. The summed E-state index contributed by atoms with van der Waals surface area (Å²) in [4.78, 5) is 25.5. The lowest BCUT2D eigenvalue weighted by Gasteiger charge is -2.16. The molecule has 0 aromatic heterocycles. The summed E-state index contributed by atoms with van der Waals surface area (Å²) in [5.74, 6) is 0.744. The van der Waals surface area contributed by atoms with Crippen LogP contribution in [0.3, 0.4) is 0 Å². The Morgan fingerprint density at radius 1 is 1.28 bits per heavy atom. The van der Waals surface area contributed by atoms with Crippen molar-refractivity contribution in [1.82, 2.24) is 10.4 Å². The Balaban J connectivity index is 1.76. The molecular formula is C20H16Cl2IN3O4S2. The molecule has 3 rings (SSSR count). The van der Waals surface area contributed by atoms with Crippen molar-refractivity contribution in [2.24, 2.45) is 0 Å². The number of methoxy groups -OCH3 is 1. The van der Waals surface area contributed by atoms with Crippen LogP contribution in [0, 0.1) is 3.57 Å². The van der Waals surface area contributed by atoms with Gasteiger partial charge in [0.05, 0.1) is 32.2 Å². The molecule has 1 fully saturated rings. The van der Waals surface area contributed by atoms with E-state index < -0.39 is 11.9 Å². The van der Waals surface area contributed by atoms with Gasteiger partial charge in [-0.25, -0.2) is 10.2 Å². The van der Waals surface area contributed by atoms with Crippen molar-refractivity contribution in [2.75, 3.05) is 19.0 Å². The number of hydrazine groups is 1. The number of urea groups is 1. The molecule has 0 saturated carbocycles. The molecule has 168 valence electrons. The third-order valence-corrected chi connectivity index (χ3v) is 6.86. The number of thioether (sulfide) groups is 1. The number of anilines is 1. The van der Waals surface area contributed by atoms with Crippen LogP contribution in [0.15, 0.2) is 35.2 Å². The van der Waals surface area contributed by atoms with Crippen molar-refractivity contribution in [3.05, 3.63) is 54.4 Å². The summed E-state index contributed by atoms with van der Waals surface area (Å²) < 4.78 is 12.1. The highest BCUT2D eigenvalue weighted by molar-refractivity contribution is 14.1. The van der Waals surface area contributed by atoms with Crippen LogP contribution in [0.4, 0.5) is 10.5 Å². The van der Waals surface area contributed by atoms with Crippen LogP contribution in [-0.4, -0.2) is 35.0 Å². The van der Waals surface area contributed by atoms with Gasteiger partial charge in [0, 0.05) is 5.69 Å². The normalized spacial score (nSPS) is 14.7. The molecule has 1 aliphatic rings. The monoisotopic (exact) mass is 623 g/mol. The Hall–Kier alpha value is -1.73. The minimum Gasteiger partial charge on any atom is -0.492 e. The molecule has 32 heavy (non-hydrogen) atoms. The molecule has 2 N–H and O–H groups in total. The molecule has 12 heteroatoms. The number of hydrogen-bond donors (Lipinski definition) is 2. The zero-order chi connectivity index (χ0) is 23.4. The lowest BCUT2D eigenvalue weighted by Crippen LogP contribution is -2.46. The SMILES string of the molecule is CCOc1cc(/C=C2/SC(=S)N(NC(=O)Nc3ccc(Cl)c(Cl)c3)C2=O)cc(I)c1OC. The second-order valence-electron chi connectivity index (χ2n) is 6.18. The van der Waals surface area contributed by atoms with Crippen molar-refractivity contribution in [1.29, 1.82) is 0 Å². The largest absolute Gasteiger partial charge is 0.492 e. The summed E-state index contributed by atoms with van der Waals surface area (Å²) >= 11 is 20.3. The molecule has 1 aliphatic heterocycles. The number of nitrogens with one attached hydrogen (secondary N) is 2. The number of nitrogens with zero attached hydrogens (tertiary/aromatic N) is 1. The van der Waals surface area contributed by atoms with Crippen molar-refractivity contribution >= 4 is 97.8 Å². The van der Waals surface area contributed by atoms with Crippen LogP contribution in [0.1, 0.15) is 12.5 Å². The van der Waals surface area contributed by atoms with Gasteiger partial charge < -0.3 is 14.8 Å². The minimum absolute atomic E-state index is 0.193. The topological polar surface area (TPSA) is 79.9 Å². The number of amides is 3. The van der Waals surface area contributed by atoms with E-state index >= 15 is 0 Å². The highest BCUT2D eigenvalue weighted by Crippen LogP contribution is 2.37. The van der Waals surface area contributed by atoms with Gasteiger partial charge in [0.1, 0.15) is 0 Å². The number of benzene rings is 2. The van der Waals surface area contributed by atoms with Gasteiger partial charge in [-0.1, -0.05) is 35.0 Å². The summed E-state index contributed by atoms with van der Waals surface area (Å²) in [5, 5.41) is 4.24. The number of halogens is 3. The quantitative estimate of drug-likeness (QED) is 0.235. The third kappa shape index (κ3) is 5.79. The van der Waals surface area contributed by atoms with Crippen molar-refractivity contribution in [2.45, 2.75) is 6.92 Å². The van der Waals surface area contributed by atoms with Crippen LogP contribution in [0.25, 0.3) is 6.08 Å². The van der Waals surface area contributed by atoms with E-state index in [1.54, 1.807) is 31.4 Å². The Bertz CT molecular complexity index is 1130. The van der Waals surface area contributed by atoms with Crippen molar-refractivity contribution in [3.8, 4) is 11.5 Å². The molecule has 0 radical (unpaired) electrons. The third-order valence-electron chi connectivity index (χ3n) is 4.02. The molecule has 0 aliphatic carbocycles. The molecular weight excluding hydrogens is 608 g/mol. The van der Waals surface area contributed by atoms with E-state index in [4.69, 9.17) is 44.9 Å². The summed E-state index contributed by atoms with van der Waals surface area (Å²) in [7, 11) is 1.57. The first kappa shape index (κ1) is 24.9. The first-order chi connectivity index (χ1) is 15.2. The van der Waals surface area contributed by atoms with E-state index in [-0.39, 0.29) is 4.32 Å². The van der Waals surface area contributed by atoms with Crippen LogP contribution < -0.4 is 20.2 Å². The maximum absolute atomic E-state index is 12.8. The van der Waals surface area contributed by atoms with Gasteiger partial charge >= 0.3 is 6.03 Å². The van der Waals surface area contributed by atoms with Crippen LogP contribution >= 0.6 is 69.8 Å². The van der Waals surface area contributed by atoms with Crippen molar-refractivity contribution in [3.63, 3.8) is 0 Å². The van der Waals surface area contributed by atoms with Crippen LogP contribution in [0.5, 0.6) is 11.5 Å². The van der Waals surface area contributed by atoms with Crippen LogP contribution in [0.2, 0.25) is 10.0 Å². The van der Waals surface area contributed by atoms with Gasteiger partial charge in [0.2, 0.25) is 0 Å². The summed E-state index contributed by atoms with van der Waals surface area (Å²) in [6.45, 7) is 2.34. The Morgan fingerprint density at radius 3 is 2.69 bits per heavy atom. The van der Waals surface area contributed by atoms with E-state index in [0.29, 0.717) is 38.7 Å². The Labute approximate surface area is 217 Å². The number of carbonyl (C=O) groups excluding carboxylic acids is 2. The summed E-state index contributed by atoms with van der Waals surface area (Å²) in [6, 6.07) is 7.61. The first-order valence-electron chi connectivity index (χ1n) is 9.04. The Kier molecular flexibility index (Phi) is 8.50. The van der Waals surface area contributed by atoms with E-state index in [9.17, 15) is 9.59 Å². The lowest BCUT2D eigenvalue weighted by atomic mass is 10.2. The van der Waals surface area contributed by atoms with Gasteiger partial charge in [-0.2, -0.15) is 5.01 Å². The maximum Gasteiger partial charge on any atom is 0.338 e. The van der Waals surface area contributed by atoms with Gasteiger partial charge in [0.15, 0.2) is 15.8 Å². The van der Waals surface area contributed by atoms with Crippen LogP contribution in [-0.2, 0) is 4.79 Å². The Morgan fingerprint density at radius 2 is 2.03 bits per heavy atom. The number of thiocarbonyl (C=S) groups is 1. The zero-order valence-electron chi connectivity index (χ0n) is 16.7. The summed E-state index contributed by atoms with van der Waals surface area (Å²) in [6.07, 6.45) is 1.68. The standard InChI is InChI=1S/C20H16Cl2IN3O4S2/c1-3-30-15-7-10(6-14(23)17(15)29-2)8-16-18(27)26(20(31)32-16)25-19(28)24-11-4-5-12(21)13(22)9-11/h4-9H,3H2,1-2H3,(H2,24,25,28)/b16-8+. The number of rotatable bonds is 6. The van der Waals surface area contributed by atoms with Gasteiger partial charge in [-0.3, -0.25) is 4.79 Å². The molecule has 7 nitrogen and oxygen atoms in total. The fourth-order valence-corrected chi connectivity index (χ4v) is 5.01. The number of carbonyl (C=O) groups is 2. The van der Waals surface area contributed by atoms with E-state index in [0.717, 1.165) is 25.9 Å². The summed E-state index contributed by atoms with van der Waals surface area (Å²) in [5.41, 5.74) is 3.59. The fourth-order valence-electron chi connectivity index (χ4n) is 2.68. The first-order valence-corrected chi connectivity index (χ1v) is 12.1. The molecule has 0 unspecified atom stereocenters. The smallest absolute Gasteiger partial charge is 0.338 e.